The van der Waals surface area contributed by atoms with Gasteiger partial charge in [0.05, 0.1) is 14.8 Å². The van der Waals surface area contributed by atoms with E-state index in [-0.39, 0.29) is 0 Å². The standard InChI is InChI=1S/C14H6N3O8/c18-7-8-5-6-10(13(17(24)25)12(8)16(22)23)14(19)9-3-1-2-4-11(9)15(20)21/h1-6H. The van der Waals surface area contributed by atoms with E-state index in [0.29, 0.717) is 0 Å². The van der Waals surface area contributed by atoms with Crippen molar-refractivity contribution in [3.63, 3.8) is 0 Å². The van der Waals surface area contributed by atoms with E-state index in [9.17, 15) is 39.9 Å². The molecule has 0 aliphatic rings. The van der Waals surface area contributed by atoms with Crippen LogP contribution >= 0.6 is 0 Å². The van der Waals surface area contributed by atoms with Crippen LogP contribution in [-0.4, -0.2) is 26.8 Å². The van der Waals surface area contributed by atoms with Gasteiger partial charge < -0.3 is 0 Å². The Hall–Kier alpha value is -4.02. The molecule has 2 rings (SSSR count). The summed E-state index contributed by atoms with van der Waals surface area (Å²) in [5, 5.41) is 33.4. The van der Waals surface area contributed by atoms with Crippen LogP contribution in [-0.2, 0) is 4.79 Å². The molecule has 0 saturated carbocycles. The average molecular weight is 344 g/mol. The van der Waals surface area contributed by atoms with E-state index in [1.165, 1.54) is 18.4 Å². The molecule has 0 atom stereocenters. The highest BCUT2D eigenvalue weighted by molar-refractivity contribution is 6.15. The average Bonchev–Trinajstić information content (AvgIpc) is 2.59. The van der Waals surface area contributed by atoms with Gasteiger partial charge in [0, 0.05) is 6.07 Å². The first kappa shape index (κ1) is 17.3. The van der Waals surface area contributed by atoms with Gasteiger partial charge in [-0.1, -0.05) is 12.1 Å². The second-order valence-electron chi connectivity index (χ2n) is 4.58. The molecule has 0 saturated heterocycles. The lowest BCUT2D eigenvalue weighted by Gasteiger charge is -2.05. The summed E-state index contributed by atoms with van der Waals surface area (Å²) in [7, 11) is 0. The minimum Gasteiger partial charge on any atom is -0.288 e. The summed E-state index contributed by atoms with van der Waals surface area (Å²) in [6.07, 6.45) is 1.19. The first-order valence-electron chi connectivity index (χ1n) is 6.41. The lowest BCUT2D eigenvalue weighted by molar-refractivity contribution is -0.422. The lowest BCUT2D eigenvalue weighted by atomic mass is 9.97. The van der Waals surface area contributed by atoms with Crippen molar-refractivity contribution in [2.24, 2.45) is 0 Å². The largest absolute Gasteiger partial charge is 0.358 e. The first-order valence-corrected chi connectivity index (χ1v) is 6.41. The summed E-state index contributed by atoms with van der Waals surface area (Å²) in [5.41, 5.74) is -4.98. The monoisotopic (exact) mass is 344 g/mol. The fourth-order valence-corrected chi connectivity index (χ4v) is 2.18. The molecule has 0 aliphatic heterocycles. The molecule has 2 aromatic rings. The third kappa shape index (κ3) is 3.06. The molecule has 0 spiro atoms. The molecule has 0 N–H and O–H groups in total. The highest BCUT2D eigenvalue weighted by Gasteiger charge is 2.37. The fraction of sp³-hybridized carbons (Fsp3) is 0. The Bertz CT molecular complexity index is 938. The minimum absolute atomic E-state index is 0.479. The van der Waals surface area contributed by atoms with Gasteiger partial charge in [-0.05, 0) is 18.2 Å². The molecule has 0 heterocycles. The van der Waals surface area contributed by atoms with E-state index < -0.39 is 54.3 Å². The Morgan fingerprint density at radius 2 is 1.40 bits per heavy atom. The SMILES string of the molecule is O=[C]c1ccc(C(=O)c2ccccc2[N+](=O)[O-])c([N+](=O)[O-])c1[N+](=O)[O-]. The van der Waals surface area contributed by atoms with E-state index in [1.54, 1.807) is 0 Å². The van der Waals surface area contributed by atoms with Crippen molar-refractivity contribution in [2.45, 2.75) is 0 Å². The van der Waals surface area contributed by atoms with Crippen molar-refractivity contribution in [1.82, 2.24) is 0 Å². The van der Waals surface area contributed by atoms with E-state index in [4.69, 9.17) is 0 Å². The molecule has 0 unspecified atom stereocenters. The first-order chi connectivity index (χ1) is 11.8. The summed E-state index contributed by atoms with van der Waals surface area (Å²) in [5.74, 6) is -1.15. The number of nitrogens with zero attached hydrogens (tertiary/aromatic N) is 3. The predicted octanol–water partition coefficient (Wildman–Crippen LogP) is 2.10. The molecule has 0 bridgehead atoms. The van der Waals surface area contributed by atoms with E-state index in [1.807, 2.05) is 0 Å². The second-order valence-corrected chi connectivity index (χ2v) is 4.58. The van der Waals surface area contributed by atoms with Gasteiger partial charge in [0.15, 0.2) is 0 Å². The van der Waals surface area contributed by atoms with Gasteiger partial charge in [0.1, 0.15) is 16.7 Å². The number of hydrogen-bond donors (Lipinski definition) is 0. The molecule has 0 aliphatic carbocycles. The molecular weight excluding hydrogens is 338 g/mol. The molecule has 25 heavy (non-hydrogen) atoms. The maximum absolute atomic E-state index is 12.5. The van der Waals surface area contributed by atoms with Gasteiger partial charge in [-0.3, -0.25) is 39.9 Å². The molecular formula is C14H6N3O8. The summed E-state index contributed by atoms with van der Waals surface area (Å²) >= 11 is 0. The lowest BCUT2D eigenvalue weighted by Crippen LogP contribution is -2.11. The zero-order valence-electron chi connectivity index (χ0n) is 12.1. The van der Waals surface area contributed by atoms with Crippen LogP contribution in [0, 0.1) is 30.3 Å². The highest BCUT2D eigenvalue weighted by atomic mass is 16.6. The Kier molecular flexibility index (Phi) is 4.59. The molecule has 125 valence electrons. The van der Waals surface area contributed by atoms with Crippen molar-refractivity contribution in [2.75, 3.05) is 0 Å². The van der Waals surface area contributed by atoms with Crippen LogP contribution in [0.25, 0.3) is 0 Å². The normalized spacial score (nSPS) is 10.1. The number of carbonyl (C=O) groups excluding carboxylic acids is 2. The van der Waals surface area contributed by atoms with Crippen LogP contribution < -0.4 is 0 Å². The van der Waals surface area contributed by atoms with E-state index in [2.05, 4.69) is 0 Å². The molecule has 11 heteroatoms. The van der Waals surface area contributed by atoms with Gasteiger partial charge in [-0.2, -0.15) is 0 Å². The summed E-state index contributed by atoms with van der Waals surface area (Å²) in [6.45, 7) is 0. The van der Waals surface area contributed by atoms with E-state index >= 15 is 0 Å². The summed E-state index contributed by atoms with van der Waals surface area (Å²) in [4.78, 5) is 53.4. The topological polar surface area (TPSA) is 164 Å². The number of nitro benzene ring substituents is 3. The van der Waals surface area contributed by atoms with Gasteiger partial charge in [-0.15, -0.1) is 0 Å². The Morgan fingerprint density at radius 3 is 1.92 bits per heavy atom. The number of para-hydroxylation sites is 1. The minimum atomic E-state index is -1.23. The Labute approximate surface area is 138 Å². The van der Waals surface area contributed by atoms with Crippen molar-refractivity contribution in [3.05, 3.63) is 83.4 Å². The van der Waals surface area contributed by atoms with E-state index in [0.717, 1.165) is 24.3 Å². The molecule has 2 aromatic carbocycles. The van der Waals surface area contributed by atoms with Gasteiger partial charge in [-0.25, -0.2) is 0 Å². The number of carbonyl (C=O) groups is 1. The van der Waals surface area contributed by atoms with Crippen molar-refractivity contribution in [3.8, 4) is 0 Å². The maximum atomic E-state index is 12.5. The van der Waals surface area contributed by atoms with Gasteiger partial charge in [0.2, 0.25) is 12.1 Å². The van der Waals surface area contributed by atoms with Crippen LogP contribution in [0.1, 0.15) is 21.5 Å². The highest BCUT2D eigenvalue weighted by Crippen LogP contribution is 2.35. The number of hydrogen-bond acceptors (Lipinski definition) is 8. The Morgan fingerprint density at radius 1 is 0.800 bits per heavy atom. The zero-order valence-corrected chi connectivity index (χ0v) is 12.1. The fourth-order valence-electron chi connectivity index (χ4n) is 2.18. The zero-order chi connectivity index (χ0) is 18.7. The van der Waals surface area contributed by atoms with Crippen LogP contribution in [0.2, 0.25) is 0 Å². The number of nitro groups is 3. The van der Waals surface area contributed by atoms with Gasteiger partial charge in [0.25, 0.3) is 5.69 Å². The van der Waals surface area contributed by atoms with Crippen molar-refractivity contribution in [1.29, 1.82) is 0 Å². The number of benzene rings is 2. The number of ketones is 1. The maximum Gasteiger partial charge on any atom is 0.358 e. The molecule has 0 aromatic heterocycles. The van der Waals surface area contributed by atoms with Crippen molar-refractivity contribution < 1.29 is 24.4 Å². The number of rotatable bonds is 6. The molecule has 1 radical (unpaired) electrons. The van der Waals surface area contributed by atoms with Crippen LogP contribution in [0.4, 0.5) is 17.1 Å². The molecule has 0 amide bonds. The third-order valence-corrected chi connectivity index (χ3v) is 3.22. The molecule has 0 fully saturated rings. The second kappa shape index (κ2) is 6.62. The quantitative estimate of drug-likeness (QED) is 0.436. The predicted molar refractivity (Wildman–Crippen MR) is 81.1 cm³/mol. The van der Waals surface area contributed by atoms with Crippen molar-refractivity contribution >= 4 is 29.1 Å². The molecule has 11 nitrogen and oxygen atoms in total. The van der Waals surface area contributed by atoms with Crippen LogP contribution in [0.15, 0.2) is 36.4 Å². The van der Waals surface area contributed by atoms with Gasteiger partial charge >= 0.3 is 11.4 Å². The summed E-state index contributed by atoms with van der Waals surface area (Å²) < 4.78 is 0. The Balaban J connectivity index is 2.80. The summed E-state index contributed by atoms with van der Waals surface area (Å²) in [6, 6.07) is 6.31. The van der Waals surface area contributed by atoms with Crippen LogP contribution in [0.5, 0.6) is 0 Å². The van der Waals surface area contributed by atoms with Crippen LogP contribution in [0.3, 0.4) is 0 Å². The third-order valence-electron chi connectivity index (χ3n) is 3.22. The smallest absolute Gasteiger partial charge is 0.288 e.